The summed E-state index contributed by atoms with van der Waals surface area (Å²) in [7, 11) is 0. The lowest BCUT2D eigenvalue weighted by Gasteiger charge is -1.95. The molecule has 12 heavy (non-hydrogen) atoms. The van der Waals surface area contributed by atoms with Crippen molar-refractivity contribution in [3.63, 3.8) is 0 Å². The second-order valence-electron chi connectivity index (χ2n) is 2.48. The van der Waals surface area contributed by atoms with Crippen LogP contribution in [0.15, 0.2) is 18.2 Å². The van der Waals surface area contributed by atoms with E-state index in [0.29, 0.717) is 5.75 Å². The van der Waals surface area contributed by atoms with Crippen molar-refractivity contribution in [2.75, 3.05) is 5.75 Å². The highest BCUT2D eigenvalue weighted by Crippen LogP contribution is 2.13. The molecule has 2 heteroatoms. The summed E-state index contributed by atoms with van der Waals surface area (Å²) >= 11 is 9.84. The predicted octanol–water partition coefficient (Wildman–Crippen LogP) is 2.93. The Balaban J connectivity index is 3.01. The zero-order valence-electron chi connectivity index (χ0n) is 6.76. The van der Waals surface area contributed by atoms with Crippen LogP contribution in [0, 0.1) is 18.8 Å². The molecule has 0 heterocycles. The third-order valence-corrected chi connectivity index (χ3v) is 1.73. The van der Waals surface area contributed by atoms with Gasteiger partial charge in [0.2, 0.25) is 0 Å². The molecule has 1 rings (SSSR count). The number of benzene rings is 1. The van der Waals surface area contributed by atoms with Gasteiger partial charge in [-0.15, -0.1) is 0 Å². The van der Waals surface area contributed by atoms with Crippen LogP contribution < -0.4 is 0 Å². The molecule has 0 spiro atoms. The van der Waals surface area contributed by atoms with Gasteiger partial charge in [0, 0.05) is 10.6 Å². The molecule has 0 amide bonds. The molecule has 62 valence electrons. The van der Waals surface area contributed by atoms with E-state index in [1.165, 1.54) is 0 Å². The van der Waals surface area contributed by atoms with Crippen molar-refractivity contribution in [1.29, 1.82) is 0 Å². The number of thiol groups is 1. The highest BCUT2D eigenvalue weighted by molar-refractivity contribution is 7.80. The molecule has 0 saturated carbocycles. The van der Waals surface area contributed by atoms with Crippen molar-refractivity contribution in [2.45, 2.75) is 6.92 Å². The van der Waals surface area contributed by atoms with Gasteiger partial charge in [-0.25, -0.2) is 0 Å². The van der Waals surface area contributed by atoms with Gasteiger partial charge in [0.15, 0.2) is 0 Å². The summed E-state index contributed by atoms with van der Waals surface area (Å²) in [5.74, 6) is 6.41. The first-order valence-electron chi connectivity index (χ1n) is 3.59. The van der Waals surface area contributed by atoms with Crippen LogP contribution in [0.25, 0.3) is 0 Å². The van der Waals surface area contributed by atoms with E-state index in [1.54, 1.807) is 0 Å². The standard InChI is InChI=1S/C10H9ClS/c1-8-5-9(3-2-4-12)7-10(11)6-8/h5-7,12H,4H2,1H3. The summed E-state index contributed by atoms with van der Waals surface area (Å²) in [5, 5.41) is 0.735. The molecular formula is C10H9ClS. The van der Waals surface area contributed by atoms with Gasteiger partial charge in [-0.05, 0) is 30.7 Å². The largest absolute Gasteiger partial charge is 0.166 e. The number of aryl methyl sites for hydroxylation is 1. The number of halogens is 1. The van der Waals surface area contributed by atoms with Gasteiger partial charge in [-0.2, -0.15) is 12.6 Å². The van der Waals surface area contributed by atoms with Crippen molar-refractivity contribution < 1.29 is 0 Å². The second kappa shape index (κ2) is 4.45. The van der Waals surface area contributed by atoms with Crippen LogP contribution in [0.3, 0.4) is 0 Å². The van der Waals surface area contributed by atoms with Crippen LogP contribution in [0.1, 0.15) is 11.1 Å². The number of hydrogen-bond donors (Lipinski definition) is 1. The van der Waals surface area contributed by atoms with E-state index in [4.69, 9.17) is 11.6 Å². The summed E-state index contributed by atoms with van der Waals surface area (Å²) in [6.45, 7) is 2.00. The zero-order chi connectivity index (χ0) is 8.97. The smallest absolute Gasteiger partial charge is 0.0521 e. The molecule has 0 radical (unpaired) electrons. The topological polar surface area (TPSA) is 0 Å². The van der Waals surface area contributed by atoms with Gasteiger partial charge in [-0.1, -0.05) is 23.4 Å². The van der Waals surface area contributed by atoms with E-state index in [-0.39, 0.29) is 0 Å². The molecular weight excluding hydrogens is 188 g/mol. The van der Waals surface area contributed by atoms with Crippen molar-refractivity contribution in [2.24, 2.45) is 0 Å². The first-order valence-corrected chi connectivity index (χ1v) is 4.60. The Labute approximate surface area is 83.3 Å². The van der Waals surface area contributed by atoms with Crippen LogP contribution in [0.2, 0.25) is 5.02 Å². The van der Waals surface area contributed by atoms with E-state index in [2.05, 4.69) is 24.5 Å². The molecule has 0 atom stereocenters. The fraction of sp³-hybridized carbons (Fsp3) is 0.200. The third kappa shape index (κ3) is 2.81. The van der Waals surface area contributed by atoms with Gasteiger partial charge in [0.05, 0.1) is 5.75 Å². The minimum Gasteiger partial charge on any atom is -0.166 e. The van der Waals surface area contributed by atoms with Gasteiger partial charge >= 0.3 is 0 Å². The summed E-state index contributed by atoms with van der Waals surface area (Å²) < 4.78 is 0. The molecule has 0 unspecified atom stereocenters. The molecule has 0 aliphatic rings. The highest BCUT2D eigenvalue weighted by atomic mass is 35.5. The molecule has 1 aromatic carbocycles. The normalized spacial score (nSPS) is 8.92. The maximum Gasteiger partial charge on any atom is 0.0521 e. The monoisotopic (exact) mass is 196 g/mol. The molecule has 0 aromatic heterocycles. The van der Waals surface area contributed by atoms with Gasteiger partial charge < -0.3 is 0 Å². The minimum atomic E-state index is 0.575. The maximum absolute atomic E-state index is 5.84. The summed E-state index contributed by atoms with van der Waals surface area (Å²) in [4.78, 5) is 0. The van der Waals surface area contributed by atoms with E-state index < -0.39 is 0 Å². The van der Waals surface area contributed by atoms with Crippen molar-refractivity contribution in [3.05, 3.63) is 34.3 Å². The van der Waals surface area contributed by atoms with E-state index in [0.717, 1.165) is 16.1 Å². The Bertz CT molecular complexity index is 313. The summed E-state index contributed by atoms with van der Waals surface area (Å²) in [6.07, 6.45) is 0. The SMILES string of the molecule is Cc1cc(Cl)cc(C#CCS)c1. The molecule has 0 nitrogen and oxygen atoms in total. The lowest BCUT2D eigenvalue weighted by atomic mass is 10.1. The number of rotatable bonds is 0. The van der Waals surface area contributed by atoms with E-state index in [1.807, 2.05) is 25.1 Å². The van der Waals surface area contributed by atoms with Crippen molar-refractivity contribution >= 4 is 24.2 Å². The molecule has 0 saturated heterocycles. The van der Waals surface area contributed by atoms with Crippen LogP contribution in [-0.4, -0.2) is 5.75 Å². The molecule has 0 N–H and O–H groups in total. The Morgan fingerprint density at radius 3 is 2.75 bits per heavy atom. The highest BCUT2D eigenvalue weighted by Gasteiger charge is 1.92. The lowest BCUT2D eigenvalue weighted by molar-refractivity contribution is 1.45. The minimum absolute atomic E-state index is 0.575. The summed E-state index contributed by atoms with van der Waals surface area (Å²) in [6, 6.07) is 5.76. The molecule has 1 aromatic rings. The average Bonchev–Trinajstić information content (AvgIpc) is 1.99. The zero-order valence-corrected chi connectivity index (χ0v) is 8.41. The van der Waals surface area contributed by atoms with Crippen molar-refractivity contribution in [3.8, 4) is 11.8 Å². The van der Waals surface area contributed by atoms with Crippen LogP contribution >= 0.6 is 24.2 Å². The quantitative estimate of drug-likeness (QED) is 0.479. The lowest BCUT2D eigenvalue weighted by Crippen LogP contribution is -1.78. The third-order valence-electron chi connectivity index (χ3n) is 1.35. The fourth-order valence-corrected chi connectivity index (χ4v) is 1.32. The second-order valence-corrected chi connectivity index (χ2v) is 3.23. The Morgan fingerprint density at radius 2 is 2.17 bits per heavy atom. The fourth-order valence-electron chi connectivity index (χ4n) is 0.950. The Morgan fingerprint density at radius 1 is 1.42 bits per heavy atom. The first kappa shape index (κ1) is 9.51. The van der Waals surface area contributed by atoms with Crippen LogP contribution in [0.4, 0.5) is 0 Å². The summed E-state index contributed by atoms with van der Waals surface area (Å²) in [5.41, 5.74) is 2.08. The van der Waals surface area contributed by atoms with Gasteiger partial charge in [-0.3, -0.25) is 0 Å². The number of hydrogen-bond acceptors (Lipinski definition) is 1. The molecule has 0 bridgehead atoms. The van der Waals surface area contributed by atoms with E-state index in [9.17, 15) is 0 Å². The van der Waals surface area contributed by atoms with Crippen LogP contribution in [-0.2, 0) is 0 Å². The van der Waals surface area contributed by atoms with Gasteiger partial charge in [0.1, 0.15) is 0 Å². The maximum atomic E-state index is 5.84. The molecule has 0 aliphatic carbocycles. The van der Waals surface area contributed by atoms with Crippen molar-refractivity contribution in [1.82, 2.24) is 0 Å². The molecule has 0 fully saturated rings. The predicted molar refractivity (Wildman–Crippen MR) is 56.9 cm³/mol. The molecule has 0 aliphatic heterocycles. The first-order chi connectivity index (χ1) is 5.72. The van der Waals surface area contributed by atoms with E-state index >= 15 is 0 Å². The van der Waals surface area contributed by atoms with Gasteiger partial charge in [0.25, 0.3) is 0 Å². The Kier molecular flexibility index (Phi) is 3.52. The van der Waals surface area contributed by atoms with Crippen LogP contribution in [0.5, 0.6) is 0 Å². The Hall–Kier alpha value is -0.580. The average molecular weight is 197 g/mol.